The van der Waals surface area contributed by atoms with E-state index in [0.717, 1.165) is 62.3 Å². The fourth-order valence-electron chi connectivity index (χ4n) is 3.54. The highest BCUT2D eigenvalue weighted by Crippen LogP contribution is 2.17. The van der Waals surface area contributed by atoms with E-state index < -0.39 is 0 Å². The van der Waals surface area contributed by atoms with Crippen LogP contribution in [0, 0.1) is 0 Å². The number of guanidine groups is 1. The van der Waals surface area contributed by atoms with Crippen LogP contribution in [0.25, 0.3) is 0 Å². The van der Waals surface area contributed by atoms with E-state index in [2.05, 4.69) is 61.3 Å². The molecular weight excluding hydrogens is 364 g/mol. The van der Waals surface area contributed by atoms with Crippen molar-refractivity contribution in [3.05, 3.63) is 36.0 Å². The summed E-state index contributed by atoms with van der Waals surface area (Å²) < 4.78 is 2.07. The Hall–Kier alpha value is -2.64. The van der Waals surface area contributed by atoms with Crippen molar-refractivity contribution >= 4 is 11.8 Å². The molecule has 0 unspecified atom stereocenters. The molecule has 3 rings (SSSR count). The first kappa shape index (κ1) is 21.1. The zero-order valence-corrected chi connectivity index (χ0v) is 17.8. The van der Waals surface area contributed by atoms with Crippen LogP contribution in [-0.2, 0) is 19.5 Å². The first-order valence-corrected chi connectivity index (χ1v) is 10.9. The second-order valence-corrected chi connectivity index (χ2v) is 7.34. The highest BCUT2D eigenvalue weighted by molar-refractivity contribution is 5.79. The van der Waals surface area contributed by atoms with E-state index in [1.54, 1.807) is 6.33 Å². The standard InChI is InChI=1S/C21H34N8/c1-3-19-27-26-17-29(19)14-11-23-21(22-4-2)25-16-18-9-10-20(24-15-18)28-12-7-5-6-8-13-28/h9-10,15,17H,3-8,11-14,16H2,1-2H3,(H2,22,23,25). The molecule has 3 heterocycles. The lowest BCUT2D eigenvalue weighted by Gasteiger charge is -2.21. The molecule has 29 heavy (non-hydrogen) atoms. The Bertz CT molecular complexity index is 744. The first-order valence-electron chi connectivity index (χ1n) is 10.9. The second-order valence-electron chi connectivity index (χ2n) is 7.34. The third-order valence-electron chi connectivity index (χ3n) is 5.16. The third-order valence-corrected chi connectivity index (χ3v) is 5.16. The molecule has 2 aromatic rings. The predicted octanol–water partition coefficient (Wildman–Crippen LogP) is 2.37. The fourth-order valence-corrected chi connectivity index (χ4v) is 3.54. The molecule has 1 fully saturated rings. The number of nitrogens with zero attached hydrogens (tertiary/aromatic N) is 6. The molecule has 1 aliphatic rings. The van der Waals surface area contributed by atoms with E-state index in [9.17, 15) is 0 Å². The molecule has 8 nitrogen and oxygen atoms in total. The molecule has 0 saturated carbocycles. The van der Waals surface area contributed by atoms with Gasteiger partial charge >= 0.3 is 0 Å². The normalized spacial score (nSPS) is 15.2. The van der Waals surface area contributed by atoms with Crippen molar-refractivity contribution in [2.24, 2.45) is 4.99 Å². The van der Waals surface area contributed by atoms with Gasteiger partial charge in [-0.3, -0.25) is 0 Å². The van der Waals surface area contributed by atoms with E-state index in [4.69, 9.17) is 4.99 Å². The maximum atomic E-state index is 4.70. The van der Waals surface area contributed by atoms with E-state index in [0.29, 0.717) is 6.54 Å². The molecule has 1 aliphatic heterocycles. The Kier molecular flexibility index (Phi) is 8.27. The molecule has 0 atom stereocenters. The van der Waals surface area contributed by atoms with Gasteiger partial charge in [-0.05, 0) is 31.4 Å². The van der Waals surface area contributed by atoms with Gasteiger partial charge < -0.3 is 20.1 Å². The van der Waals surface area contributed by atoms with E-state index in [1.807, 2.05) is 6.20 Å². The average molecular weight is 399 g/mol. The lowest BCUT2D eigenvalue weighted by Crippen LogP contribution is -2.38. The average Bonchev–Trinajstić information content (AvgIpc) is 3.03. The van der Waals surface area contributed by atoms with Crippen LogP contribution in [0.5, 0.6) is 0 Å². The molecule has 1 saturated heterocycles. The van der Waals surface area contributed by atoms with Crippen LogP contribution in [0.4, 0.5) is 5.82 Å². The summed E-state index contributed by atoms with van der Waals surface area (Å²) >= 11 is 0. The monoisotopic (exact) mass is 398 g/mol. The highest BCUT2D eigenvalue weighted by atomic mass is 15.3. The Labute approximate surface area is 173 Å². The number of nitrogens with one attached hydrogen (secondary N) is 2. The van der Waals surface area contributed by atoms with Crippen molar-refractivity contribution in [2.45, 2.75) is 59.0 Å². The highest BCUT2D eigenvalue weighted by Gasteiger charge is 2.10. The van der Waals surface area contributed by atoms with Crippen molar-refractivity contribution in [3.63, 3.8) is 0 Å². The number of aromatic nitrogens is 4. The second kappa shape index (κ2) is 11.4. The Morgan fingerprint density at radius 2 is 1.93 bits per heavy atom. The molecule has 0 aliphatic carbocycles. The van der Waals surface area contributed by atoms with Gasteiger partial charge in [-0.25, -0.2) is 9.98 Å². The minimum Gasteiger partial charge on any atom is -0.357 e. The van der Waals surface area contributed by atoms with Gasteiger partial charge in [0.2, 0.25) is 0 Å². The Morgan fingerprint density at radius 3 is 2.62 bits per heavy atom. The van der Waals surface area contributed by atoms with Crippen LogP contribution in [0.3, 0.4) is 0 Å². The summed E-state index contributed by atoms with van der Waals surface area (Å²) in [5, 5.41) is 14.8. The van der Waals surface area contributed by atoms with Gasteiger partial charge in [0.05, 0.1) is 6.54 Å². The number of aliphatic imine (C=N–C) groups is 1. The topological polar surface area (TPSA) is 83.3 Å². The maximum absolute atomic E-state index is 4.70. The first-order chi connectivity index (χ1) is 14.3. The zero-order chi connectivity index (χ0) is 20.3. The number of rotatable bonds is 8. The predicted molar refractivity (Wildman–Crippen MR) is 117 cm³/mol. The van der Waals surface area contributed by atoms with Gasteiger partial charge in [0.15, 0.2) is 5.96 Å². The molecule has 0 radical (unpaired) electrons. The Morgan fingerprint density at radius 1 is 1.10 bits per heavy atom. The molecule has 2 N–H and O–H groups in total. The van der Waals surface area contributed by atoms with Crippen molar-refractivity contribution in [1.29, 1.82) is 0 Å². The van der Waals surface area contributed by atoms with Gasteiger partial charge in [-0.2, -0.15) is 0 Å². The summed E-state index contributed by atoms with van der Waals surface area (Å²) in [6.07, 6.45) is 9.82. The molecule has 0 amide bonds. The van der Waals surface area contributed by atoms with Crippen molar-refractivity contribution in [2.75, 3.05) is 31.1 Å². The van der Waals surface area contributed by atoms with Crippen molar-refractivity contribution in [3.8, 4) is 0 Å². The molecule has 8 heteroatoms. The van der Waals surface area contributed by atoms with Crippen molar-refractivity contribution < 1.29 is 0 Å². The lowest BCUT2D eigenvalue weighted by molar-refractivity contribution is 0.632. The number of hydrogen-bond donors (Lipinski definition) is 2. The van der Waals surface area contributed by atoms with E-state index in [1.165, 1.54) is 25.7 Å². The summed E-state index contributed by atoms with van der Waals surface area (Å²) in [5.74, 6) is 2.91. The van der Waals surface area contributed by atoms with Gasteiger partial charge in [-0.1, -0.05) is 25.8 Å². The van der Waals surface area contributed by atoms with Crippen LogP contribution in [-0.4, -0.2) is 51.9 Å². The van der Waals surface area contributed by atoms with Gasteiger partial charge in [0.1, 0.15) is 18.0 Å². The minimum atomic E-state index is 0.607. The molecular formula is C21H34N8. The maximum Gasteiger partial charge on any atom is 0.191 e. The summed E-state index contributed by atoms with van der Waals surface area (Å²) in [7, 11) is 0. The molecule has 0 spiro atoms. The Balaban J connectivity index is 1.52. The lowest BCUT2D eigenvalue weighted by atomic mass is 10.2. The van der Waals surface area contributed by atoms with Crippen LogP contribution in [0.15, 0.2) is 29.6 Å². The quantitative estimate of drug-likeness (QED) is 0.525. The van der Waals surface area contributed by atoms with E-state index in [-0.39, 0.29) is 0 Å². The van der Waals surface area contributed by atoms with Crippen LogP contribution >= 0.6 is 0 Å². The number of hydrogen-bond acceptors (Lipinski definition) is 5. The summed E-state index contributed by atoms with van der Waals surface area (Å²) in [6.45, 7) is 9.40. The van der Waals surface area contributed by atoms with E-state index >= 15 is 0 Å². The van der Waals surface area contributed by atoms with Gasteiger partial charge in [0, 0.05) is 45.3 Å². The molecule has 2 aromatic heterocycles. The number of aryl methyl sites for hydroxylation is 1. The molecule has 158 valence electrons. The van der Waals surface area contributed by atoms with Gasteiger partial charge in [-0.15, -0.1) is 10.2 Å². The number of anilines is 1. The molecule has 0 aromatic carbocycles. The van der Waals surface area contributed by atoms with Crippen LogP contribution < -0.4 is 15.5 Å². The summed E-state index contributed by atoms with van der Waals surface area (Å²) in [6, 6.07) is 4.28. The SMILES string of the molecule is CCNC(=NCc1ccc(N2CCCCCC2)nc1)NCCn1cnnc1CC. The zero-order valence-electron chi connectivity index (χ0n) is 17.8. The molecule has 0 bridgehead atoms. The number of pyridine rings is 1. The van der Waals surface area contributed by atoms with Crippen LogP contribution in [0.1, 0.15) is 50.9 Å². The smallest absolute Gasteiger partial charge is 0.191 e. The van der Waals surface area contributed by atoms with Crippen LogP contribution in [0.2, 0.25) is 0 Å². The summed E-state index contributed by atoms with van der Waals surface area (Å²) in [4.78, 5) is 11.8. The van der Waals surface area contributed by atoms with Crippen molar-refractivity contribution in [1.82, 2.24) is 30.4 Å². The third kappa shape index (κ3) is 6.44. The van der Waals surface area contributed by atoms with Gasteiger partial charge in [0.25, 0.3) is 0 Å². The minimum absolute atomic E-state index is 0.607. The largest absolute Gasteiger partial charge is 0.357 e. The fraction of sp³-hybridized carbons (Fsp3) is 0.619. The summed E-state index contributed by atoms with van der Waals surface area (Å²) in [5.41, 5.74) is 1.12.